The third-order valence-electron chi connectivity index (χ3n) is 1.67. The van der Waals surface area contributed by atoms with E-state index in [1.807, 2.05) is 0 Å². The van der Waals surface area contributed by atoms with Crippen LogP contribution in [0.3, 0.4) is 0 Å². The first kappa shape index (κ1) is 11.5. The molecule has 0 saturated carbocycles. The van der Waals surface area contributed by atoms with E-state index in [-0.39, 0.29) is 5.69 Å². The number of hydrogen-bond acceptors (Lipinski definition) is 3. The molecule has 0 bridgehead atoms. The van der Waals surface area contributed by atoms with Crippen molar-refractivity contribution in [3.05, 3.63) is 29.0 Å². The molecule has 0 spiro atoms. The molecule has 1 heterocycles. The van der Waals surface area contributed by atoms with Gasteiger partial charge in [-0.2, -0.15) is 0 Å². The van der Waals surface area contributed by atoms with Crippen molar-refractivity contribution in [3.8, 4) is 0 Å². The van der Waals surface area contributed by atoms with Gasteiger partial charge in [-0.3, -0.25) is 14.6 Å². The van der Waals surface area contributed by atoms with Gasteiger partial charge in [-0.1, -0.05) is 11.6 Å². The van der Waals surface area contributed by atoms with Gasteiger partial charge in [-0.05, 0) is 19.1 Å². The molecule has 0 aliphatic heterocycles. The summed E-state index contributed by atoms with van der Waals surface area (Å²) >= 11 is 5.65. The minimum atomic E-state index is -1.11. The lowest BCUT2D eigenvalue weighted by Gasteiger charge is -2.08. The van der Waals surface area contributed by atoms with Gasteiger partial charge in [0, 0.05) is 11.2 Å². The Morgan fingerprint density at radius 2 is 2.27 bits per heavy atom. The molecule has 6 heteroatoms. The second-order valence-electron chi connectivity index (χ2n) is 2.89. The Bertz CT molecular complexity index is 395. The quantitative estimate of drug-likeness (QED) is 0.807. The molecule has 1 aromatic rings. The van der Waals surface area contributed by atoms with Crippen LogP contribution in [0.4, 0.5) is 0 Å². The molecular formula is C9H9ClN2O3. The van der Waals surface area contributed by atoms with Gasteiger partial charge in [0.1, 0.15) is 11.7 Å². The van der Waals surface area contributed by atoms with Crippen LogP contribution < -0.4 is 5.32 Å². The molecular weight excluding hydrogens is 220 g/mol. The van der Waals surface area contributed by atoms with Crippen molar-refractivity contribution in [3.63, 3.8) is 0 Å². The summed E-state index contributed by atoms with van der Waals surface area (Å²) in [4.78, 5) is 25.7. The summed E-state index contributed by atoms with van der Waals surface area (Å²) in [6.45, 7) is 1.37. The van der Waals surface area contributed by atoms with Gasteiger partial charge >= 0.3 is 5.97 Å². The summed E-state index contributed by atoms with van der Waals surface area (Å²) in [5.74, 6) is -1.67. The van der Waals surface area contributed by atoms with Gasteiger partial charge in [0.2, 0.25) is 0 Å². The Labute approximate surface area is 91.1 Å². The Kier molecular flexibility index (Phi) is 3.62. The van der Waals surface area contributed by atoms with Crippen LogP contribution in [0.2, 0.25) is 5.02 Å². The molecule has 15 heavy (non-hydrogen) atoms. The number of carboxylic acids is 1. The number of carbonyl (C=O) groups excluding carboxylic acids is 1. The first-order valence-corrected chi connectivity index (χ1v) is 4.53. The van der Waals surface area contributed by atoms with E-state index in [2.05, 4.69) is 10.3 Å². The van der Waals surface area contributed by atoms with E-state index in [4.69, 9.17) is 16.7 Å². The molecule has 0 saturated heterocycles. The standard InChI is InChI=1S/C9H9ClN2O3/c1-5(9(14)15)12-8(13)7-4-6(10)2-3-11-7/h2-5H,1H3,(H,12,13)(H,14,15)/t5-/m0/s1. The first-order valence-electron chi connectivity index (χ1n) is 4.16. The number of amides is 1. The second kappa shape index (κ2) is 4.75. The van der Waals surface area contributed by atoms with Gasteiger partial charge in [0.05, 0.1) is 0 Å². The molecule has 1 amide bonds. The SMILES string of the molecule is C[C@H](NC(=O)c1cc(Cl)ccn1)C(=O)O. The zero-order valence-electron chi connectivity index (χ0n) is 7.90. The largest absolute Gasteiger partial charge is 0.480 e. The summed E-state index contributed by atoms with van der Waals surface area (Å²) < 4.78 is 0. The Morgan fingerprint density at radius 1 is 1.60 bits per heavy atom. The van der Waals surface area contributed by atoms with Crippen LogP contribution in [0.15, 0.2) is 18.3 Å². The number of aromatic nitrogens is 1. The predicted molar refractivity (Wildman–Crippen MR) is 53.8 cm³/mol. The Morgan fingerprint density at radius 3 is 2.80 bits per heavy atom. The summed E-state index contributed by atoms with van der Waals surface area (Å²) in [6.07, 6.45) is 1.38. The van der Waals surface area contributed by atoms with Crippen molar-refractivity contribution in [1.82, 2.24) is 10.3 Å². The highest BCUT2D eigenvalue weighted by atomic mass is 35.5. The van der Waals surface area contributed by atoms with Crippen molar-refractivity contribution in [1.29, 1.82) is 0 Å². The van der Waals surface area contributed by atoms with Crippen LogP contribution in [0.1, 0.15) is 17.4 Å². The minimum absolute atomic E-state index is 0.0931. The van der Waals surface area contributed by atoms with Crippen LogP contribution in [-0.4, -0.2) is 28.0 Å². The van der Waals surface area contributed by atoms with Crippen molar-refractivity contribution in [2.24, 2.45) is 0 Å². The Hall–Kier alpha value is -1.62. The van der Waals surface area contributed by atoms with Gasteiger partial charge in [-0.25, -0.2) is 0 Å². The maximum Gasteiger partial charge on any atom is 0.325 e. The molecule has 0 aliphatic carbocycles. The molecule has 1 aromatic heterocycles. The van der Waals surface area contributed by atoms with Gasteiger partial charge in [0.25, 0.3) is 5.91 Å². The van der Waals surface area contributed by atoms with E-state index in [1.165, 1.54) is 25.3 Å². The monoisotopic (exact) mass is 228 g/mol. The summed E-state index contributed by atoms with van der Waals surface area (Å²) in [5, 5.41) is 11.2. The van der Waals surface area contributed by atoms with E-state index in [0.717, 1.165) is 0 Å². The summed E-state index contributed by atoms with van der Waals surface area (Å²) in [5.41, 5.74) is 0.0931. The predicted octanol–water partition coefficient (Wildman–Crippen LogP) is 0.938. The minimum Gasteiger partial charge on any atom is -0.480 e. The molecule has 0 fully saturated rings. The highest BCUT2D eigenvalue weighted by molar-refractivity contribution is 6.30. The van der Waals surface area contributed by atoms with E-state index in [9.17, 15) is 9.59 Å². The second-order valence-corrected chi connectivity index (χ2v) is 3.33. The van der Waals surface area contributed by atoms with Crippen molar-refractivity contribution < 1.29 is 14.7 Å². The highest BCUT2D eigenvalue weighted by Gasteiger charge is 2.15. The number of aliphatic carboxylic acids is 1. The van der Waals surface area contributed by atoms with Crippen LogP contribution in [0.5, 0.6) is 0 Å². The molecule has 1 rings (SSSR count). The van der Waals surface area contributed by atoms with E-state index >= 15 is 0 Å². The number of hydrogen-bond donors (Lipinski definition) is 2. The van der Waals surface area contributed by atoms with E-state index in [1.54, 1.807) is 0 Å². The van der Waals surface area contributed by atoms with Gasteiger partial charge in [-0.15, -0.1) is 0 Å². The number of halogens is 1. The zero-order chi connectivity index (χ0) is 11.4. The number of carboxylic acid groups (broad SMARTS) is 1. The fraction of sp³-hybridized carbons (Fsp3) is 0.222. The molecule has 0 aliphatic rings. The molecule has 0 aromatic carbocycles. The molecule has 2 N–H and O–H groups in total. The fourth-order valence-corrected chi connectivity index (χ4v) is 1.02. The van der Waals surface area contributed by atoms with Crippen LogP contribution in [0.25, 0.3) is 0 Å². The zero-order valence-corrected chi connectivity index (χ0v) is 8.65. The topological polar surface area (TPSA) is 79.3 Å². The first-order chi connectivity index (χ1) is 7.00. The number of nitrogens with one attached hydrogen (secondary N) is 1. The van der Waals surface area contributed by atoms with E-state index in [0.29, 0.717) is 5.02 Å². The Balaban J connectivity index is 2.73. The summed E-state index contributed by atoms with van der Waals surface area (Å²) in [6, 6.07) is 1.93. The van der Waals surface area contributed by atoms with Crippen LogP contribution in [0, 0.1) is 0 Å². The molecule has 80 valence electrons. The average molecular weight is 229 g/mol. The maximum absolute atomic E-state index is 11.4. The third-order valence-corrected chi connectivity index (χ3v) is 1.91. The lowest BCUT2D eigenvalue weighted by atomic mass is 10.3. The third kappa shape index (κ3) is 3.21. The van der Waals surface area contributed by atoms with Gasteiger partial charge < -0.3 is 10.4 Å². The van der Waals surface area contributed by atoms with Crippen molar-refractivity contribution in [2.75, 3.05) is 0 Å². The van der Waals surface area contributed by atoms with Crippen molar-refractivity contribution in [2.45, 2.75) is 13.0 Å². The normalized spacial score (nSPS) is 11.9. The van der Waals surface area contributed by atoms with Crippen molar-refractivity contribution >= 4 is 23.5 Å². The van der Waals surface area contributed by atoms with E-state index < -0.39 is 17.9 Å². The molecule has 0 radical (unpaired) electrons. The molecule has 5 nitrogen and oxygen atoms in total. The fourth-order valence-electron chi connectivity index (χ4n) is 0.861. The summed E-state index contributed by atoms with van der Waals surface area (Å²) in [7, 11) is 0. The number of pyridine rings is 1. The number of rotatable bonds is 3. The highest BCUT2D eigenvalue weighted by Crippen LogP contribution is 2.07. The average Bonchev–Trinajstić information content (AvgIpc) is 2.17. The number of nitrogens with zero attached hydrogens (tertiary/aromatic N) is 1. The lowest BCUT2D eigenvalue weighted by molar-refractivity contribution is -0.138. The smallest absolute Gasteiger partial charge is 0.325 e. The molecule has 1 atom stereocenters. The van der Waals surface area contributed by atoms with Crippen LogP contribution >= 0.6 is 11.6 Å². The number of carbonyl (C=O) groups is 2. The molecule has 0 unspecified atom stereocenters. The van der Waals surface area contributed by atoms with Gasteiger partial charge in [0.15, 0.2) is 0 Å². The van der Waals surface area contributed by atoms with Crippen LogP contribution in [-0.2, 0) is 4.79 Å². The maximum atomic E-state index is 11.4. The lowest BCUT2D eigenvalue weighted by Crippen LogP contribution is -2.38.